The third kappa shape index (κ3) is 5.33. The molecule has 5 heteroatoms. The van der Waals surface area contributed by atoms with E-state index in [2.05, 4.69) is 14.3 Å². The van der Waals surface area contributed by atoms with Crippen molar-refractivity contribution >= 4 is 6.09 Å². The first kappa shape index (κ1) is 9.19. The first-order valence-electron chi connectivity index (χ1n) is 2.84. The van der Waals surface area contributed by atoms with E-state index in [1.54, 1.807) is 6.92 Å². The molecule has 0 spiro atoms. The lowest BCUT2D eigenvalue weighted by molar-refractivity contribution is -0.0757. The zero-order chi connectivity index (χ0) is 7.82. The summed E-state index contributed by atoms with van der Waals surface area (Å²) in [5, 5.41) is 0. The largest absolute Gasteiger partial charge is 0.448 e. The van der Waals surface area contributed by atoms with Crippen LogP contribution < -0.4 is 5.48 Å². The second-order valence-electron chi connectivity index (χ2n) is 1.37. The Morgan fingerprint density at radius 1 is 1.60 bits per heavy atom. The van der Waals surface area contributed by atoms with Crippen molar-refractivity contribution in [2.75, 3.05) is 20.5 Å². The van der Waals surface area contributed by atoms with Gasteiger partial charge in [0, 0.05) is 7.11 Å². The van der Waals surface area contributed by atoms with E-state index in [9.17, 15) is 4.79 Å². The zero-order valence-corrected chi connectivity index (χ0v) is 6.05. The molecule has 0 aliphatic rings. The maximum atomic E-state index is 10.4. The maximum Gasteiger partial charge on any atom is 0.431 e. The Morgan fingerprint density at radius 2 is 2.30 bits per heavy atom. The molecule has 0 saturated carbocycles. The molecule has 10 heavy (non-hydrogen) atoms. The maximum absolute atomic E-state index is 10.4. The second kappa shape index (κ2) is 6.31. The van der Waals surface area contributed by atoms with E-state index in [4.69, 9.17) is 0 Å². The fourth-order valence-corrected chi connectivity index (χ4v) is 0.308. The van der Waals surface area contributed by atoms with Gasteiger partial charge in [0.2, 0.25) is 0 Å². The van der Waals surface area contributed by atoms with Gasteiger partial charge in [0.25, 0.3) is 0 Å². The number of carbonyl (C=O) groups excluding carboxylic acids is 1. The molecule has 0 aromatic rings. The Morgan fingerprint density at radius 3 is 2.80 bits per heavy atom. The van der Waals surface area contributed by atoms with Gasteiger partial charge >= 0.3 is 6.09 Å². The van der Waals surface area contributed by atoms with Crippen LogP contribution in [0.2, 0.25) is 0 Å². The topological polar surface area (TPSA) is 56.8 Å². The predicted octanol–water partition coefficient (Wildman–Crippen LogP) is 0.268. The summed E-state index contributed by atoms with van der Waals surface area (Å²) >= 11 is 0. The van der Waals surface area contributed by atoms with Crippen molar-refractivity contribution in [1.29, 1.82) is 0 Å². The van der Waals surface area contributed by atoms with E-state index in [0.29, 0.717) is 6.61 Å². The van der Waals surface area contributed by atoms with Gasteiger partial charge in [-0.3, -0.25) is 0 Å². The molecule has 0 bridgehead atoms. The third-order valence-corrected chi connectivity index (χ3v) is 0.608. The van der Waals surface area contributed by atoms with Crippen LogP contribution in [0.1, 0.15) is 6.92 Å². The molecule has 0 aromatic heterocycles. The van der Waals surface area contributed by atoms with Crippen LogP contribution in [0.5, 0.6) is 0 Å². The van der Waals surface area contributed by atoms with Crippen molar-refractivity contribution in [3.63, 3.8) is 0 Å². The highest BCUT2D eigenvalue weighted by Crippen LogP contribution is 1.76. The lowest BCUT2D eigenvalue weighted by atomic mass is 10.9. The SMILES string of the molecule is CCOC(=O)NOCOC. The minimum atomic E-state index is -0.612. The lowest BCUT2D eigenvalue weighted by Crippen LogP contribution is -2.25. The van der Waals surface area contributed by atoms with Crippen LogP contribution in [0.25, 0.3) is 0 Å². The zero-order valence-electron chi connectivity index (χ0n) is 6.05. The van der Waals surface area contributed by atoms with E-state index >= 15 is 0 Å². The van der Waals surface area contributed by atoms with Crippen LogP contribution in [0, 0.1) is 0 Å². The fraction of sp³-hybridized carbons (Fsp3) is 0.800. The molecular weight excluding hydrogens is 138 g/mol. The monoisotopic (exact) mass is 149 g/mol. The molecule has 0 unspecified atom stereocenters. The summed E-state index contributed by atoms with van der Waals surface area (Å²) in [7, 11) is 1.45. The predicted molar refractivity (Wildman–Crippen MR) is 33.1 cm³/mol. The molecule has 0 radical (unpaired) electrons. The van der Waals surface area contributed by atoms with Crippen molar-refractivity contribution in [2.24, 2.45) is 0 Å². The molecule has 5 nitrogen and oxygen atoms in total. The Bertz CT molecular complexity index is 95.6. The molecule has 0 fully saturated rings. The van der Waals surface area contributed by atoms with E-state index in [0.717, 1.165) is 0 Å². The van der Waals surface area contributed by atoms with Crippen molar-refractivity contribution in [3.8, 4) is 0 Å². The lowest BCUT2D eigenvalue weighted by Gasteiger charge is -2.03. The van der Waals surface area contributed by atoms with E-state index in [1.165, 1.54) is 7.11 Å². The molecule has 0 rings (SSSR count). The summed E-state index contributed by atoms with van der Waals surface area (Å²) in [6.45, 7) is 2.04. The van der Waals surface area contributed by atoms with Gasteiger partial charge in [0.1, 0.15) is 0 Å². The van der Waals surface area contributed by atoms with Crippen LogP contribution in [0.3, 0.4) is 0 Å². The number of hydrogen-bond acceptors (Lipinski definition) is 4. The molecule has 0 atom stereocenters. The first-order valence-corrected chi connectivity index (χ1v) is 2.84. The van der Waals surface area contributed by atoms with Crippen molar-refractivity contribution in [2.45, 2.75) is 6.92 Å². The summed E-state index contributed by atoms with van der Waals surface area (Å²) in [5.41, 5.74) is 2.00. The van der Waals surface area contributed by atoms with Crippen molar-refractivity contribution in [1.82, 2.24) is 5.48 Å². The van der Waals surface area contributed by atoms with Gasteiger partial charge in [-0.1, -0.05) is 0 Å². The number of rotatable bonds is 4. The number of amides is 1. The van der Waals surface area contributed by atoms with Crippen LogP contribution in [-0.2, 0) is 14.3 Å². The average Bonchev–Trinajstić information content (AvgIpc) is 1.89. The Balaban J connectivity index is 3.05. The van der Waals surface area contributed by atoms with Gasteiger partial charge < -0.3 is 9.47 Å². The summed E-state index contributed by atoms with van der Waals surface area (Å²) in [5.74, 6) is 0. The van der Waals surface area contributed by atoms with Crippen LogP contribution in [-0.4, -0.2) is 26.6 Å². The molecule has 60 valence electrons. The normalized spacial score (nSPS) is 9.00. The standard InChI is InChI=1S/C5H11NO4/c1-3-9-5(7)6-10-4-8-2/h3-4H2,1-2H3,(H,6,7). The number of nitrogens with one attached hydrogen (secondary N) is 1. The van der Waals surface area contributed by atoms with Crippen molar-refractivity contribution in [3.05, 3.63) is 0 Å². The first-order chi connectivity index (χ1) is 4.81. The number of hydroxylamine groups is 1. The summed E-state index contributed by atoms with van der Waals surface area (Å²) in [6.07, 6.45) is -0.612. The van der Waals surface area contributed by atoms with Gasteiger partial charge in [-0.2, -0.15) is 5.48 Å². The van der Waals surface area contributed by atoms with Gasteiger partial charge in [-0.15, -0.1) is 0 Å². The molecule has 0 heterocycles. The molecular formula is C5H11NO4. The summed E-state index contributed by atoms with van der Waals surface area (Å²) in [6, 6.07) is 0. The quantitative estimate of drug-likeness (QED) is 0.354. The number of ether oxygens (including phenoxy) is 2. The van der Waals surface area contributed by atoms with Gasteiger partial charge in [-0.25, -0.2) is 9.63 Å². The minimum absolute atomic E-state index is 0.0127. The number of hydrogen-bond donors (Lipinski definition) is 1. The molecule has 1 amide bonds. The third-order valence-electron chi connectivity index (χ3n) is 0.608. The highest BCUT2D eigenvalue weighted by molar-refractivity contribution is 5.65. The number of methoxy groups -OCH3 is 1. The average molecular weight is 149 g/mol. The summed E-state index contributed by atoms with van der Waals surface area (Å²) < 4.78 is 8.94. The fourth-order valence-electron chi connectivity index (χ4n) is 0.308. The van der Waals surface area contributed by atoms with E-state index in [-0.39, 0.29) is 6.79 Å². The van der Waals surface area contributed by atoms with Gasteiger partial charge in [-0.05, 0) is 6.92 Å². The molecule has 0 aliphatic heterocycles. The van der Waals surface area contributed by atoms with Crippen LogP contribution >= 0.6 is 0 Å². The Hall–Kier alpha value is -0.810. The molecule has 0 aliphatic carbocycles. The van der Waals surface area contributed by atoms with Gasteiger partial charge in [0.05, 0.1) is 6.61 Å². The Labute approximate surface area is 59.2 Å². The smallest absolute Gasteiger partial charge is 0.431 e. The summed E-state index contributed by atoms with van der Waals surface area (Å²) in [4.78, 5) is 14.9. The van der Waals surface area contributed by atoms with Crippen LogP contribution in [0.4, 0.5) is 4.79 Å². The van der Waals surface area contributed by atoms with E-state index in [1.807, 2.05) is 5.48 Å². The highest BCUT2D eigenvalue weighted by Gasteiger charge is 1.96. The highest BCUT2D eigenvalue weighted by atomic mass is 16.8. The molecule has 0 saturated heterocycles. The van der Waals surface area contributed by atoms with Crippen LogP contribution in [0.15, 0.2) is 0 Å². The van der Waals surface area contributed by atoms with Crippen molar-refractivity contribution < 1.29 is 19.1 Å². The minimum Gasteiger partial charge on any atom is -0.448 e. The molecule has 1 N–H and O–H groups in total. The van der Waals surface area contributed by atoms with E-state index < -0.39 is 6.09 Å². The Kier molecular flexibility index (Phi) is 5.80. The van der Waals surface area contributed by atoms with Gasteiger partial charge in [0.15, 0.2) is 6.79 Å². The molecule has 0 aromatic carbocycles. The number of carbonyl (C=O) groups is 1. The second-order valence-corrected chi connectivity index (χ2v) is 1.37.